The summed E-state index contributed by atoms with van der Waals surface area (Å²) in [6.45, 7) is -0.208. The molecule has 0 radical (unpaired) electrons. The minimum atomic E-state index is -0.313. The minimum Gasteiger partial charge on any atom is -0.300 e. The largest absolute Gasteiger partial charge is 0.300 e. The number of hydrogen-bond donors (Lipinski definition) is 0. The summed E-state index contributed by atoms with van der Waals surface area (Å²) in [5, 5.41) is 0. The Bertz CT molecular complexity index is 403. The van der Waals surface area contributed by atoms with E-state index in [9.17, 15) is 19.2 Å². The van der Waals surface area contributed by atoms with E-state index in [1.807, 2.05) is 0 Å². The average Bonchev–Trinajstić information content (AvgIpc) is 2.65. The second-order valence-corrected chi connectivity index (χ2v) is 4.16. The van der Waals surface area contributed by atoms with Crippen molar-refractivity contribution in [2.24, 2.45) is 0 Å². The maximum Gasteiger partial charge on any atom is 0.230 e. The van der Waals surface area contributed by atoms with Gasteiger partial charge in [0.1, 0.15) is 5.78 Å². The summed E-state index contributed by atoms with van der Waals surface area (Å²) >= 11 is 0. The van der Waals surface area contributed by atoms with Crippen LogP contribution in [0.3, 0.4) is 0 Å². The van der Waals surface area contributed by atoms with Gasteiger partial charge in [0, 0.05) is 38.5 Å². The van der Waals surface area contributed by atoms with Gasteiger partial charge in [-0.1, -0.05) is 0 Å². The first kappa shape index (κ1) is 14.1. The first-order valence-corrected chi connectivity index (χ1v) is 5.84. The van der Waals surface area contributed by atoms with Crippen LogP contribution in [0, 0.1) is 12.3 Å². The number of carbonyl (C=O) groups excluding carboxylic acids is 4. The summed E-state index contributed by atoms with van der Waals surface area (Å²) in [6.07, 6.45) is 6.19. The van der Waals surface area contributed by atoms with E-state index in [-0.39, 0.29) is 62.0 Å². The van der Waals surface area contributed by atoms with Crippen LogP contribution in [0.4, 0.5) is 0 Å². The normalized spacial score (nSPS) is 14.7. The van der Waals surface area contributed by atoms with Gasteiger partial charge >= 0.3 is 0 Å². The lowest BCUT2D eigenvalue weighted by molar-refractivity contribution is -0.141. The van der Waals surface area contributed by atoms with Gasteiger partial charge in [-0.25, -0.2) is 0 Å². The molecule has 1 aliphatic rings. The van der Waals surface area contributed by atoms with E-state index in [1.54, 1.807) is 0 Å². The molecule has 0 aromatic carbocycles. The Labute approximate surface area is 106 Å². The molecule has 0 atom stereocenters. The summed E-state index contributed by atoms with van der Waals surface area (Å²) in [4.78, 5) is 46.3. The van der Waals surface area contributed by atoms with Gasteiger partial charge in [-0.05, 0) is 0 Å². The monoisotopic (exact) mass is 249 g/mol. The number of nitrogens with zero attached hydrogens (tertiary/aromatic N) is 1. The third-order valence-electron chi connectivity index (χ3n) is 2.72. The second kappa shape index (κ2) is 6.70. The Hall–Kier alpha value is -1.96. The maximum absolute atomic E-state index is 11.5. The van der Waals surface area contributed by atoms with Crippen molar-refractivity contribution >= 4 is 23.4 Å². The number of imide groups is 1. The van der Waals surface area contributed by atoms with Crippen LogP contribution in [0.1, 0.15) is 38.5 Å². The van der Waals surface area contributed by atoms with E-state index in [1.165, 1.54) is 0 Å². The van der Waals surface area contributed by atoms with Crippen LogP contribution in [0.25, 0.3) is 0 Å². The fraction of sp³-hybridized carbons (Fsp3) is 0.538. The van der Waals surface area contributed by atoms with E-state index in [4.69, 9.17) is 6.42 Å². The number of amides is 2. The zero-order valence-electron chi connectivity index (χ0n) is 10.1. The fourth-order valence-corrected chi connectivity index (χ4v) is 1.67. The first-order chi connectivity index (χ1) is 8.54. The van der Waals surface area contributed by atoms with Crippen LogP contribution in [0.5, 0.6) is 0 Å². The Morgan fingerprint density at radius 1 is 1.06 bits per heavy atom. The number of rotatable bonds is 7. The molecule has 1 saturated heterocycles. The van der Waals surface area contributed by atoms with E-state index >= 15 is 0 Å². The van der Waals surface area contributed by atoms with Crippen LogP contribution in [0.2, 0.25) is 0 Å². The van der Waals surface area contributed by atoms with Gasteiger partial charge in [0.15, 0.2) is 5.78 Å². The molecule has 1 rings (SSSR count). The lowest BCUT2D eigenvalue weighted by Crippen LogP contribution is -2.34. The number of carbonyl (C=O) groups is 4. The van der Waals surface area contributed by atoms with Crippen LogP contribution in [0.15, 0.2) is 0 Å². The van der Waals surface area contributed by atoms with Crippen molar-refractivity contribution < 1.29 is 19.2 Å². The van der Waals surface area contributed by atoms with Crippen molar-refractivity contribution in [2.75, 3.05) is 6.54 Å². The number of Topliss-reactive ketones (excluding diaryl/α,β-unsaturated/α-hetero) is 2. The van der Waals surface area contributed by atoms with Crippen LogP contribution >= 0.6 is 0 Å². The van der Waals surface area contributed by atoms with Gasteiger partial charge in [0.2, 0.25) is 11.8 Å². The Morgan fingerprint density at radius 2 is 1.61 bits per heavy atom. The highest BCUT2D eigenvalue weighted by Gasteiger charge is 2.30. The molecule has 2 amide bonds. The topological polar surface area (TPSA) is 71.5 Å². The van der Waals surface area contributed by atoms with Crippen LogP contribution in [-0.4, -0.2) is 34.8 Å². The summed E-state index contributed by atoms with van der Waals surface area (Å²) < 4.78 is 0. The average molecular weight is 249 g/mol. The summed E-state index contributed by atoms with van der Waals surface area (Å²) in [5.74, 6) is 1.39. The standard InChI is InChI=1S/C13H15NO4/c1-2-3-4-10(15)5-6-11(16)9-14-12(17)7-8-13(14)18/h1H,3-9H2. The smallest absolute Gasteiger partial charge is 0.230 e. The Balaban J connectivity index is 2.30. The molecule has 0 aliphatic carbocycles. The van der Waals surface area contributed by atoms with Gasteiger partial charge in [0.25, 0.3) is 0 Å². The molecule has 5 heteroatoms. The maximum atomic E-state index is 11.5. The van der Waals surface area contributed by atoms with Crippen molar-refractivity contribution in [2.45, 2.75) is 38.5 Å². The van der Waals surface area contributed by atoms with Crippen LogP contribution < -0.4 is 0 Å². The summed E-state index contributed by atoms with van der Waals surface area (Å²) in [5.41, 5.74) is 0. The first-order valence-electron chi connectivity index (χ1n) is 5.84. The molecule has 0 unspecified atom stereocenters. The third kappa shape index (κ3) is 4.13. The van der Waals surface area contributed by atoms with Gasteiger partial charge in [0.05, 0.1) is 6.54 Å². The zero-order valence-corrected chi connectivity index (χ0v) is 10.1. The Kier molecular flexibility index (Phi) is 5.25. The molecule has 0 aromatic heterocycles. The van der Waals surface area contributed by atoms with E-state index in [0.29, 0.717) is 6.42 Å². The minimum absolute atomic E-state index is 0.0560. The van der Waals surface area contributed by atoms with E-state index in [0.717, 1.165) is 4.90 Å². The molecule has 0 bridgehead atoms. The molecule has 0 spiro atoms. The van der Waals surface area contributed by atoms with Crippen molar-refractivity contribution in [3.8, 4) is 12.3 Å². The van der Waals surface area contributed by atoms with Crippen molar-refractivity contribution in [3.05, 3.63) is 0 Å². The molecule has 1 fully saturated rings. The van der Waals surface area contributed by atoms with Crippen LogP contribution in [-0.2, 0) is 19.2 Å². The summed E-state index contributed by atoms with van der Waals surface area (Å²) in [6, 6.07) is 0. The number of ketones is 2. The predicted octanol–water partition coefficient (Wildman–Crippen LogP) is 0.467. The highest BCUT2D eigenvalue weighted by molar-refractivity contribution is 6.04. The lowest BCUT2D eigenvalue weighted by atomic mass is 10.1. The van der Waals surface area contributed by atoms with Gasteiger partial charge < -0.3 is 0 Å². The van der Waals surface area contributed by atoms with Crippen molar-refractivity contribution in [3.63, 3.8) is 0 Å². The second-order valence-electron chi connectivity index (χ2n) is 4.16. The molecule has 0 saturated carbocycles. The van der Waals surface area contributed by atoms with E-state index < -0.39 is 0 Å². The predicted molar refractivity (Wildman–Crippen MR) is 63.3 cm³/mol. The molecule has 0 N–H and O–H groups in total. The molecule has 18 heavy (non-hydrogen) atoms. The summed E-state index contributed by atoms with van der Waals surface area (Å²) in [7, 11) is 0. The van der Waals surface area contributed by atoms with E-state index in [2.05, 4.69) is 5.92 Å². The van der Waals surface area contributed by atoms with Gasteiger partial charge in [-0.3, -0.25) is 24.1 Å². The Morgan fingerprint density at radius 3 is 2.17 bits per heavy atom. The molecule has 1 heterocycles. The highest BCUT2D eigenvalue weighted by Crippen LogP contribution is 2.12. The third-order valence-corrected chi connectivity index (χ3v) is 2.72. The fourth-order valence-electron chi connectivity index (χ4n) is 1.67. The molecule has 0 aromatic rings. The molecule has 96 valence electrons. The highest BCUT2D eigenvalue weighted by atomic mass is 16.2. The molecule has 1 aliphatic heterocycles. The number of terminal acetylenes is 1. The number of hydrogen-bond acceptors (Lipinski definition) is 4. The van der Waals surface area contributed by atoms with Crippen molar-refractivity contribution in [1.82, 2.24) is 4.90 Å². The quantitative estimate of drug-likeness (QED) is 0.485. The molecular weight excluding hydrogens is 234 g/mol. The molecule has 5 nitrogen and oxygen atoms in total. The molecular formula is C13H15NO4. The lowest BCUT2D eigenvalue weighted by Gasteiger charge is -2.12. The SMILES string of the molecule is C#CCCC(=O)CCC(=O)CN1C(=O)CCC1=O. The van der Waals surface area contributed by atoms with Crippen molar-refractivity contribution in [1.29, 1.82) is 0 Å². The van der Waals surface area contributed by atoms with Gasteiger partial charge in [-0.15, -0.1) is 12.3 Å². The van der Waals surface area contributed by atoms with Gasteiger partial charge in [-0.2, -0.15) is 0 Å². The number of likely N-dealkylation sites (tertiary alicyclic amines) is 1. The zero-order chi connectivity index (χ0) is 13.5.